The summed E-state index contributed by atoms with van der Waals surface area (Å²) in [5.74, 6) is -0.520. The molecule has 0 radical (unpaired) electrons. The van der Waals surface area contributed by atoms with Crippen LogP contribution in [0.25, 0.3) is 11.1 Å². The zero-order valence-corrected chi connectivity index (χ0v) is 15.1. The molecule has 0 aliphatic heterocycles. The molecule has 0 bridgehead atoms. The monoisotopic (exact) mass is 328 g/mol. The highest BCUT2D eigenvalue weighted by Crippen LogP contribution is 2.32. The minimum Gasteiger partial charge on any atom is -0.466 e. The van der Waals surface area contributed by atoms with Crippen molar-refractivity contribution >= 4 is 5.97 Å². The molecule has 0 aromatic heterocycles. The van der Waals surface area contributed by atoms with Crippen LogP contribution < -0.4 is 0 Å². The summed E-state index contributed by atoms with van der Waals surface area (Å²) in [6.45, 7) is 10.1. The van der Waals surface area contributed by atoms with Gasteiger partial charge in [-0.3, -0.25) is 4.79 Å². The van der Waals surface area contributed by atoms with Crippen molar-refractivity contribution in [2.45, 2.75) is 47.5 Å². The number of esters is 1. The number of halogens is 1. The Morgan fingerprint density at radius 3 is 2.38 bits per heavy atom. The van der Waals surface area contributed by atoms with Crippen LogP contribution in [0.2, 0.25) is 0 Å². The summed E-state index contributed by atoms with van der Waals surface area (Å²) < 4.78 is 19.4. The molecule has 128 valence electrons. The Hall–Kier alpha value is -2.16. The lowest BCUT2D eigenvalue weighted by molar-refractivity contribution is -0.143. The standard InChI is InChI=1S/C21H25FO2/c1-6-24-19(23)10-9-17-12-18(11-15(4)21(17)22)20-14(3)8-7-13(2)16(20)5/h7-8,11-12H,6,9-10H2,1-5H3. The Kier molecular flexibility index (Phi) is 5.76. The topological polar surface area (TPSA) is 26.3 Å². The lowest BCUT2D eigenvalue weighted by atomic mass is 9.90. The minimum atomic E-state index is -0.289. The average Bonchev–Trinajstić information content (AvgIpc) is 2.53. The van der Waals surface area contributed by atoms with Crippen LogP contribution in [0.5, 0.6) is 0 Å². The first kappa shape index (κ1) is 18.2. The first-order valence-corrected chi connectivity index (χ1v) is 8.37. The normalized spacial score (nSPS) is 10.8. The minimum absolute atomic E-state index is 0.194. The van der Waals surface area contributed by atoms with E-state index < -0.39 is 0 Å². The number of hydrogen-bond donors (Lipinski definition) is 0. The van der Waals surface area contributed by atoms with E-state index in [2.05, 4.69) is 32.9 Å². The number of aryl methyl sites for hydroxylation is 4. The van der Waals surface area contributed by atoms with E-state index in [1.54, 1.807) is 13.8 Å². The van der Waals surface area contributed by atoms with Crippen molar-refractivity contribution in [3.63, 3.8) is 0 Å². The van der Waals surface area contributed by atoms with Crippen molar-refractivity contribution < 1.29 is 13.9 Å². The predicted octanol–water partition coefficient (Wildman–Crippen LogP) is 5.22. The molecule has 0 unspecified atom stereocenters. The Bertz CT molecular complexity index is 763. The van der Waals surface area contributed by atoms with Crippen LogP contribution in [0, 0.1) is 33.5 Å². The summed E-state index contributed by atoms with van der Waals surface area (Å²) in [6, 6.07) is 7.95. The van der Waals surface area contributed by atoms with E-state index in [0.717, 1.165) is 11.1 Å². The van der Waals surface area contributed by atoms with Gasteiger partial charge in [-0.2, -0.15) is 0 Å². The van der Waals surface area contributed by atoms with Gasteiger partial charge < -0.3 is 4.74 Å². The molecule has 0 spiro atoms. The molecule has 0 aliphatic carbocycles. The Morgan fingerprint density at radius 1 is 1.04 bits per heavy atom. The number of carbonyl (C=O) groups is 1. The fourth-order valence-electron chi connectivity index (χ4n) is 3.03. The van der Waals surface area contributed by atoms with E-state index in [0.29, 0.717) is 24.2 Å². The van der Waals surface area contributed by atoms with Crippen LogP contribution in [0.4, 0.5) is 4.39 Å². The number of hydrogen-bond acceptors (Lipinski definition) is 2. The fraction of sp³-hybridized carbons (Fsp3) is 0.381. The van der Waals surface area contributed by atoms with Gasteiger partial charge in [-0.15, -0.1) is 0 Å². The van der Waals surface area contributed by atoms with Gasteiger partial charge in [0, 0.05) is 6.42 Å². The van der Waals surface area contributed by atoms with Crippen molar-refractivity contribution in [2.75, 3.05) is 6.61 Å². The second-order valence-corrected chi connectivity index (χ2v) is 6.27. The Labute approximate surface area is 143 Å². The number of rotatable bonds is 5. The maximum atomic E-state index is 14.5. The van der Waals surface area contributed by atoms with Gasteiger partial charge in [0.2, 0.25) is 0 Å². The fourth-order valence-corrected chi connectivity index (χ4v) is 3.03. The molecule has 2 rings (SSSR count). The van der Waals surface area contributed by atoms with Crippen molar-refractivity contribution in [3.8, 4) is 11.1 Å². The summed E-state index contributed by atoms with van der Waals surface area (Å²) in [7, 11) is 0. The Morgan fingerprint density at radius 2 is 1.71 bits per heavy atom. The third kappa shape index (κ3) is 3.84. The van der Waals surface area contributed by atoms with Gasteiger partial charge in [0.15, 0.2) is 0 Å². The third-order valence-corrected chi connectivity index (χ3v) is 4.47. The maximum absolute atomic E-state index is 14.5. The molecule has 0 N–H and O–H groups in total. The van der Waals surface area contributed by atoms with Crippen LogP contribution >= 0.6 is 0 Å². The maximum Gasteiger partial charge on any atom is 0.306 e. The van der Waals surface area contributed by atoms with Crippen molar-refractivity contribution in [2.24, 2.45) is 0 Å². The molecule has 0 heterocycles. The first-order valence-electron chi connectivity index (χ1n) is 8.37. The van der Waals surface area contributed by atoms with E-state index in [9.17, 15) is 9.18 Å². The summed E-state index contributed by atoms with van der Waals surface area (Å²) >= 11 is 0. The van der Waals surface area contributed by atoms with Crippen LogP contribution in [-0.2, 0) is 16.0 Å². The molecule has 2 aromatic carbocycles. The molecule has 0 amide bonds. The molecular weight excluding hydrogens is 303 g/mol. The molecule has 0 aliphatic rings. The zero-order valence-electron chi connectivity index (χ0n) is 15.1. The van der Waals surface area contributed by atoms with Gasteiger partial charge in [-0.25, -0.2) is 4.39 Å². The molecule has 0 saturated carbocycles. The van der Waals surface area contributed by atoms with Gasteiger partial charge in [0.05, 0.1) is 6.61 Å². The SMILES string of the molecule is CCOC(=O)CCc1cc(-c2c(C)ccc(C)c2C)cc(C)c1F. The van der Waals surface area contributed by atoms with E-state index >= 15 is 0 Å². The summed E-state index contributed by atoms with van der Waals surface area (Å²) in [5.41, 5.74) is 6.91. The summed E-state index contributed by atoms with van der Waals surface area (Å²) in [6.07, 6.45) is 0.544. The van der Waals surface area contributed by atoms with Gasteiger partial charge in [-0.1, -0.05) is 12.1 Å². The van der Waals surface area contributed by atoms with Crippen molar-refractivity contribution in [1.29, 1.82) is 0 Å². The third-order valence-electron chi connectivity index (χ3n) is 4.47. The van der Waals surface area contributed by atoms with Gasteiger partial charge in [0.25, 0.3) is 0 Å². The van der Waals surface area contributed by atoms with E-state index in [-0.39, 0.29) is 18.2 Å². The molecule has 2 aromatic rings. The highest BCUT2D eigenvalue weighted by molar-refractivity contribution is 5.74. The van der Waals surface area contributed by atoms with E-state index in [4.69, 9.17) is 4.74 Å². The smallest absolute Gasteiger partial charge is 0.306 e. The highest BCUT2D eigenvalue weighted by atomic mass is 19.1. The number of ether oxygens (including phenoxy) is 1. The summed E-state index contributed by atoms with van der Waals surface area (Å²) in [4.78, 5) is 11.6. The van der Waals surface area contributed by atoms with Crippen LogP contribution in [0.15, 0.2) is 24.3 Å². The zero-order chi connectivity index (χ0) is 17.9. The van der Waals surface area contributed by atoms with E-state index in [1.807, 2.05) is 12.1 Å². The quantitative estimate of drug-likeness (QED) is 0.703. The lowest BCUT2D eigenvalue weighted by Crippen LogP contribution is -2.06. The molecule has 24 heavy (non-hydrogen) atoms. The molecule has 0 saturated heterocycles. The largest absolute Gasteiger partial charge is 0.466 e. The molecule has 0 fully saturated rings. The van der Waals surface area contributed by atoms with Gasteiger partial charge in [0.1, 0.15) is 5.82 Å². The first-order chi connectivity index (χ1) is 11.3. The lowest BCUT2D eigenvalue weighted by Gasteiger charge is -2.15. The van der Waals surface area contributed by atoms with Crippen molar-refractivity contribution in [1.82, 2.24) is 0 Å². The van der Waals surface area contributed by atoms with Crippen LogP contribution in [-0.4, -0.2) is 12.6 Å². The van der Waals surface area contributed by atoms with Crippen LogP contribution in [0.1, 0.15) is 41.2 Å². The molecule has 3 heteroatoms. The van der Waals surface area contributed by atoms with Crippen molar-refractivity contribution in [3.05, 3.63) is 57.9 Å². The predicted molar refractivity (Wildman–Crippen MR) is 95.7 cm³/mol. The average molecular weight is 328 g/mol. The summed E-state index contributed by atoms with van der Waals surface area (Å²) in [5, 5.41) is 0. The van der Waals surface area contributed by atoms with Gasteiger partial charge >= 0.3 is 5.97 Å². The number of benzene rings is 2. The van der Waals surface area contributed by atoms with Crippen LogP contribution in [0.3, 0.4) is 0 Å². The Balaban J connectivity index is 2.44. The van der Waals surface area contributed by atoms with E-state index in [1.165, 1.54) is 16.7 Å². The molecule has 2 nitrogen and oxygen atoms in total. The highest BCUT2D eigenvalue weighted by Gasteiger charge is 2.14. The second-order valence-electron chi connectivity index (χ2n) is 6.27. The molecular formula is C21H25FO2. The molecule has 0 atom stereocenters. The second kappa shape index (κ2) is 7.61. The van der Waals surface area contributed by atoms with Gasteiger partial charge in [-0.05, 0) is 92.1 Å². The number of carbonyl (C=O) groups excluding carboxylic acids is 1.